The summed E-state index contributed by atoms with van der Waals surface area (Å²) in [4.78, 5) is 34.0. The Balaban J connectivity index is 1.67. The summed E-state index contributed by atoms with van der Waals surface area (Å²) in [5, 5.41) is 2.95. The SMILES string of the molecule is CCCC(=O)N1CCCC[C@@H]1C(=O)Nc1ccc(-c2ncc[nH]2)cc1. The van der Waals surface area contributed by atoms with Gasteiger partial charge in [-0.2, -0.15) is 0 Å². The fourth-order valence-corrected chi connectivity index (χ4v) is 3.22. The molecule has 0 saturated carbocycles. The van der Waals surface area contributed by atoms with Crippen LogP contribution in [0.2, 0.25) is 0 Å². The lowest BCUT2D eigenvalue weighted by Gasteiger charge is -2.34. The number of benzene rings is 1. The molecule has 1 aromatic heterocycles. The van der Waals surface area contributed by atoms with E-state index in [0.717, 1.165) is 42.8 Å². The van der Waals surface area contributed by atoms with Crippen molar-refractivity contribution in [3.63, 3.8) is 0 Å². The molecular formula is C19H24N4O2. The number of nitrogens with zero attached hydrogens (tertiary/aromatic N) is 2. The summed E-state index contributed by atoms with van der Waals surface area (Å²) < 4.78 is 0. The highest BCUT2D eigenvalue weighted by atomic mass is 16.2. The molecule has 2 aromatic rings. The molecule has 0 spiro atoms. The third kappa shape index (κ3) is 4.07. The molecule has 0 bridgehead atoms. The molecule has 1 fully saturated rings. The summed E-state index contributed by atoms with van der Waals surface area (Å²) in [6, 6.07) is 7.18. The molecule has 6 nitrogen and oxygen atoms in total. The Bertz CT molecular complexity index is 710. The minimum Gasteiger partial charge on any atom is -0.345 e. The van der Waals surface area contributed by atoms with E-state index in [2.05, 4.69) is 15.3 Å². The summed E-state index contributed by atoms with van der Waals surface area (Å²) in [5.74, 6) is 0.770. The van der Waals surface area contributed by atoms with E-state index in [9.17, 15) is 9.59 Å². The van der Waals surface area contributed by atoms with E-state index in [0.29, 0.717) is 13.0 Å². The van der Waals surface area contributed by atoms with Crippen LogP contribution in [0.5, 0.6) is 0 Å². The maximum absolute atomic E-state index is 12.7. The zero-order valence-corrected chi connectivity index (χ0v) is 14.5. The van der Waals surface area contributed by atoms with Crippen molar-refractivity contribution in [1.29, 1.82) is 0 Å². The highest BCUT2D eigenvalue weighted by Crippen LogP contribution is 2.22. The van der Waals surface area contributed by atoms with Gasteiger partial charge in [-0.3, -0.25) is 9.59 Å². The predicted molar refractivity (Wildman–Crippen MR) is 96.9 cm³/mol. The Kier molecular flexibility index (Phi) is 5.48. The van der Waals surface area contributed by atoms with Gasteiger partial charge >= 0.3 is 0 Å². The smallest absolute Gasteiger partial charge is 0.247 e. The maximum atomic E-state index is 12.7. The van der Waals surface area contributed by atoms with Crippen molar-refractivity contribution in [2.45, 2.75) is 45.1 Å². The zero-order chi connectivity index (χ0) is 17.6. The molecule has 1 aromatic carbocycles. The van der Waals surface area contributed by atoms with E-state index in [4.69, 9.17) is 0 Å². The molecule has 6 heteroatoms. The van der Waals surface area contributed by atoms with Crippen LogP contribution < -0.4 is 5.32 Å². The molecule has 0 aliphatic carbocycles. The Morgan fingerprint density at radius 1 is 1.28 bits per heavy atom. The Morgan fingerprint density at radius 2 is 2.08 bits per heavy atom. The van der Waals surface area contributed by atoms with Gasteiger partial charge in [-0.25, -0.2) is 4.98 Å². The first-order valence-electron chi connectivity index (χ1n) is 8.89. The van der Waals surface area contributed by atoms with Crippen molar-refractivity contribution in [2.75, 3.05) is 11.9 Å². The van der Waals surface area contributed by atoms with Crippen LogP contribution in [-0.4, -0.2) is 39.3 Å². The number of likely N-dealkylation sites (tertiary alicyclic amines) is 1. The Labute approximate surface area is 147 Å². The molecule has 0 radical (unpaired) electrons. The number of aromatic nitrogens is 2. The summed E-state index contributed by atoms with van der Waals surface area (Å²) >= 11 is 0. The number of H-pyrrole nitrogens is 1. The van der Waals surface area contributed by atoms with Crippen LogP contribution in [0.25, 0.3) is 11.4 Å². The first-order chi connectivity index (χ1) is 12.2. The molecular weight excluding hydrogens is 316 g/mol. The van der Waals surface area contributed by atoms with Gasteiger partial charge in [0.15, 0.2) is 0 Å². The molecule has 25 heavy (non-hydrogen) atoms. The molecule has 1 saturated heterocycles. The van der Waals surface area contributed by atoms with E-state index >= 15 is 0 Å². The molecule has 1 atom stereocenters. The van der Waals surface area contributed by atoms with Crippen LogP contribution in [0.4, 0.5) is 5.69 Å². The highest BCUT2D eigenvalue weighted by molar-refractivity contribution is 5.97. The fourth-order valence-electron chi connectivity index (χ4n) is 3.22. The molecule has 132 valence electrons. The van der Waals surface area contributed by atoms with Crippen LogP contribution >= 0.6 is 0 Å². The fraction of sp³-hybridized carbons (Fsp3) is 0.421. The van der Waals surface area contributed by atoms with E-state index in [1.165, 1.54) is 0 Å². The molecule has 1 aliphatic heterocycles. The third-order valence-corrected chi connectivity index (χ3v) is 4.51. The van der Waals surface area contributed by atoms with E-state index in [1.54, 1.807) is 17.3 Å². The summed E-state index contributed by atoms with van der Waals surface area (Å²) in [7, 11) is 0. The first-order valence-corrected chi connectivity index (χ1v) is 8.89. The topological polar surface area (TPSA) is 78.1 Å². The van der Waals surface area contributed by atoms with Crippen molar-refractivity contribution in [3.05, 3.63) is 36.7 Å². The van der Waals surface area contributed by atoms with Crippen molar-refractivity contribution in [1.82, 2.24) is 14.9 Å². The summed E-state index contributed by atoms with van der Waals surface area (Å²) in [6.07, 6.45) is 7.46. The van der Waals surface area contributed by atoms with Crippen LogP contribution in [-0.2, 0) is 9.59 Å². The predicted octanol–water partition coefficient (Wildman–Crippen LogP) is 3.20. The molecule has 2 heterocycles. The van der Waals surface area contributed by atoms with Gasteiger partial charge in [0.2, 0.25) is 11.8 Å². The molecule has 0 unspecified atom stereocenters. The van der Waals surface area contributed by atoms with Gasteiger partial charge in [0.25, 0.3) is 0 Å². The van der Waals surface area contributed by atoms with Crippen molar-refractivity contribution in [3.8, 4) is 11.4 Å². The minimum atomic E-state index is -0.363. The second-order valence-corrected chi connectivity index (χ2v) is 6.35. The maximum Gasteiger partial charge on any atom is 0.247 e. The number of hydrogen-bond acceptors (Lipinski definition) is 3. The zero-order valence-electron chi connectivity index (χ0n) is 14.5. The summed E-state index contributed by atoms with van der Waals surface area (Å²) in [6.45, 7) is 2.66. The lowest BCUT2D eigenvalue weighted by molar-refractivity contribution is -0.140. The highest BCUT2D eigenvalue weighted by Gasteiger charge is 2.31. The van der Waals surface area contributed by atoms with Gasteiger partial charge in [-0.05, 0) is 49.9 Å². The number of aromatic amines is 1. The number of amides is 2. The molecule has 3 rings (SSSR count). The van der Waals surface area contributed by atoms with Crippen LogP contribution in [0.1, 0.15) is 39.0 Å². The lowest BCUT2D eigenvalue weighted by Crippen LogP contribution is -2.49. The average Bonchev–Trinajstić information content (AvgIpc) is 3.17. The van der Waals surface area contributed by atoms with Crippen LogP contribution in [0.15, 0.2) is 36.7 Å². The number of imidazole rings is 1. The number of carbonyl (C=O) groups is 2. The van der Waals surface area contributed by atoms with Gasteiger partial charge in [-0.15, -0.1) is 0 Å². The van der Waals surface area contributed by atoms with E-state index in [1.807, 2.05) is 31.2 Å². The van der Waals surface area contributed by atoms with Gasteiger partial charge in [0, 0.05) is 36.6 Å². The van der Waals surface area contributed by atoms with E-state index < -0.39 is 0 Å². The van der Waals surface area contributed by atoms with Gasteiger partial charge < -0.3 is 15.2 Å². The second-order valence-electron chi connectivity index (χ2n) is 6.35. The van der Waals surface area contributed by atoms with Gasteiger partial charge in [0.05, 0.1) is 0 Å². The van der Waals surface area contributed by atoms with Gasteiger partial charge in [0.1, 0.15) is 11.9 Å². The van der Waals surface area contributed by atoms with Crippen molar-refractivity contribution >= 4 is 17.5 Å². The monoisotopic (exact) mass is 340 g/mol. The molecule has 2 N–H and O–H groups in total. The quantitative estimate of drug-likeness (QED) is 0.877. The number of carbonyl (C=O) groups excluding carboxylic acids is 2. The van der Waals surface area contributed by atoms with E-state index in [-0.39, 0.29) is 17.9 Å². The standard InChI is InChI=1S/C19H24N4O2/c1-2-5-17(24)23-13-4-3-6-16(23)19(25)22-15-9-7-14(8-10-15)18-20-11-12-21-18/h7-12,16H,2-6,13H2,1H3,(H,20,21)(H,22,25)/t16-/m1/s1. The average molecular weight is 340 g/mol. The largest absolute Gasteiger partial charge is 0.345 e. The Morgan fingerprint density at radius 3 is 2.76 bits per heavy atom. The minimum absolute atomic E-state index is 0.0792. The number of hydrogen-bond donors (Lipinski definition) is 2. The summed E-state index contributed by atoms with van der Waals surface area (Å²) in [5.41, 5.74) is 1.69. The number of anilines is 1. The Hall–Kier alpha value is -2.63. The number of rotatable bonds is 5. The number of nitrogens with one attached hydrogen (secondary N) is 2. The number of piperidine rings is 1. The van der Waals surface area contributed by atoms with Crippen LogP contribution in [0, 0.1) is 0 Å². The van der Waals surface area contributed by atoms with Crippen molar-refractivity contribution < 1.29 is 9.59 Å². The molecule has 2 amide bonds. The first kappa shape index (κ1) is 17.2. The normalized spacial score (nSPS) is 17.3. The van der Waals surface area contributed by atoms with Gasteiger partial charge in [-0.1, -0.05) is 6.92 Å². The molecule has 1 aliphatic rings. The lowest BCUT2D eigenvalue weighted by atomic mass is 10.0. The second kappa shape index (κ2) is 7.96. The third-order valence-electron chi connectivity index (χ3n) is 4.51. The van der Waals surface area contributed by atoms with Crippen LogP contribution in [0.3, 0.4) is 0 Å². The van der Waals surface area contributed by atoms with Crippen molar-refractivity contribution in [2.24, 2.45) is 0 Å².